The number of carbonyl (C=O) groups excluding carboxylic acids is 1. The minimum atomic E-state index is -0.240. The molecule has 26 heavy (non-hydrogen) atoms. The first-order chi connectivity index (χ1) is 12.6. The molecular formula is C20H19N3O3. The molecule has 1 amide bonds. The average molecular weight is 349 g/mol. The van der Waals surface area contributed by atoms with Crippen molar-refractivity contribution in [2.45, 2.75) is 13.8 Å². The quantitative estimate of drug-likeness (QED) is 0.786. The van der Waals surface area contributed by atoms with Crippen LogP contribution < -0.4 is 14.8 Å². The summed E-state index contributed by atoms with van der Waals surface area (Å²) in [6, 6.07) is 13.0. The number of fused-ring (bicyclic) bond motifs is 1. The van der Waals surface area contributed by atoms with Crippen LogP contribution in [-0.2, 0) is 0 Å². The van der Waals surface area contributed by atoms with E-state index < -0.39 is 0 Å². The van der Waals surface area contributed by atoms with Crippen LogP contribution in [0.4, 0.5) is 5.82 Å². The molecule has 3 heterocycles. The molecule has 3 aromatic rings. The fourth-order valence-corrected chi connectivity index (χ4v) is 3.04. The predicted octanol–water partition coefficient (Wildman–Crippen LogP) is 3.51. The maximum Gasteiger partial charge on any atom is 0.256 e. The normalized spacial score (nSPS) is 12.7. The summed E-state index contributed by atoms with van der Waals surface area (Å²) in [6.07, 6.45) is 1.75. The largest absolute Gasteiger partial charge is 0.486 e. The lowest BCUT2D eigenvalue weighted by atomic mass is 10.2. The summed E-state index contributed by atoms with van der Waals surface area (Å²) in [4.78, 5) is 16.8. The lowest BCUT2D eigenvalue weighted by Crippen LogP contribution is -2.17. The molecule has 0 radical (unpaired) electrons. The van der Waals surface area contributed by atoms with E-state index in [-0.39, 0.29) is 5.91 Å². The van der Waals surface area contributed by atoms with E-state index in [0.717, 1.165) is 17.1 Å². The van der Waals surface area contributed by atoms with Crippen LogP contribution in [0.3, 0.4) is 0 Å². The van der Waals surface area contributed by atoms with Gasteiger partial charge in [0.25, 0.3) is 5.91 Å². The Bertz CT molecular complexity index is 941. The summed E-state index contributed by atoms with van der Waals surface area (Å²) >= 11 is 0. The number of hydrogen-bond donors (Lipinski definition) is 1. The lowest BCUT2D eigenvalue weighted by Gasteiger charge is -2.18. The van der Waals surface area contributed by atoms with Crippen LogP contribution in [0.25, 0.3) is 5.69 Å². The third kappa shape index (κ3) is 3.01. The Hall–Kier alpha value is -3.28. The van der Waals surface area contributed by atoms with Gasteiger partial charge >= 0.3 is 0 Å². The second kappa shape index (κ2) is 6.55. The van der Waals surface area contributed by atoms with Crippen molar-refractivity contribution < 1.29 is 14.3 Å². The van der Waals surface area contributed by atoms with Crippen LogP contribution >= 0.6 is 0 Å². The van der Waals surface area contributed by atoms with Crippen LogP contribution in [0.2, 0.25) is 0 Å². The van der Waals surface area contributed by atoms with E-state index in [4.69, 9.17) is 9.47 Å². The minimum Gasteiger partial charge on any atom is -0.486 e. The zero-order valence-electron chi connectivity index (χ0n) is 14.7. The molecule has 0 spiro atoms. The first-order valence-electron chi connectivity index (χ1n) is 8.44. The van der Waals surface area contributed by atoms with E-state index in [9.17, 15) is 4.79 Å². The van der Waals surface area contributed by atoms with Crippen LogP contribution in [-0.4, -0.2) is 28.7 Å². The van der Waals surface area contributed by atoms with Gasteiger partial charge in [-0.15, -0.1) is 0 Å². The zero-order valence-corrected chi connectivity index (χ0v) is 14.7. The van der Waals surface area contributed by atoms with Gasteiger partial charge in [-0.1, -0.05) is 0 Å². The van der Waals surface area contributed by atoms with Crippen LogP contribution in [0.15, 0.2) is 48.7 Å². The highest BCUT2D eigenvalue weighted by atomic mass is 16.6. The SMILES string of the molecule is Cc1ccc(C)n1-c1ccc(NC(=O)c2ccc3c(c2)OCCO3)nc1. The first-order valence-corrected chi connectivity index (χ1v) is 8.44. The number of hydrogen-bond acceptors (Lipinski definition) is 4. The van der Waals surface area contributed by atoms with Gasteiger partial charge in [0.05, 0.1) is 11.9 Å². The standard InChI is InChI=1S/C20H19N3O3/c1-13-3-4-14(2)23(13)16-6-8-19(21-12-16)22-20(24)15-5-7-17-18(11-15)26-10-9-25-17/h3-8,11-12H,9-10H2,1-2H3,(H,21,22,24). The van der Waals surface area contributed by atoms with Crippen molar-refractivity contribution >= 4 is 11.7 Å². The third-order valence-electron chi connectivity index (χ3n) is 4.32. The molecule has 0 fully saturated rings. The Labute approximate surface area is 151 Å². The van der Waals surface area contributed by atoms with E-state index in [0.29, 0.717) is 36.1 Å². The number of benzene rings is 1. The van der Waals surface area contributed by atoms with Crippen LogP contribution in [0.5, 0.6) is 11.5 Å². The molecule has 0 saturated carbocycles. The first kappa shape index (κ1) is 16.2. The third-order valence-corrected chi connectivity index (χ3v) is 4.32. The van der Waals surface area contributed by atoms with Crippen molar-refractivity contribution in [3.8, 4) is 17.2 Å². The van der Waals surface area contributed by atoms with Gasteiger partial charge in [0, 0.05) is 17.0 Å². The fraction of sp³-hybridized carbons (Fsp3) is 0.200. The Kier molecular flexibility index (Phi) is 4.08. The second-order valence-corrected chi connectivity index (χ2v) is 6.17. The van der Waals surface area contributed by atoms with Gasteiger partial charge in [-0.25, -0.2) is 4.98 Å². The molecule has 132 valence electrons. The van der Waals surface area contributed by atoms with Gasteiger partial charge in [0.15, 0.2) is 11.5 Å². The Morgan fingerprint density at radius 3 is 2.42 bits per heavy atom. The summed E-state index contributed by atoms with van der Waals surface area (Å²) in [5, 5.41) is 2.81. The zero-order chi connectivity index (χ0) is 18.1. The highest BCUT2D eigenvalue weighted by molar-refractivity contribution is 6.04. The minimum absolute atomic E-state index is 0.240. The van der Waals surface area contributed by atoms with Crippen LogP contribution in [0.1, 0.15) is 21.7 Å². The van der Waals surface area contributed by atoms with Gasteiger partial charge in [0.2, 0.25) is 0 Å². The maximum absolute atomic E-state index is 12.5. The second-order valence-electron chi connectivity index (χ2n) is 6.17. The number of aryl methyl sites for hydroxylation is 2. The summed E-state index contributed by atoms with van der Waals surface area (Å²) in [6.45, 7) is 5.10. The van der Waals surface area contributed by atoms with Gasteiger partial charge in [-0.05, 0) is 56.3 Å². The summed E-state index contributed by atoms with van der Waals surface area (Å²) in [5.41, 5.74) is 3.73. The van der Waals surface area contributed by atoms with E-state index in [1.807, 2.05) is 19.9 Å². The number of aromatic nitrogens is 2. The molecule has 0 saturated heterocycles. The molecule has 1 N–H and O–H groups in total. The lowest BCUT2D eigenvalue weighted by molar-refractivity contribution is 0.102. The molecule has 1 aromatic carbocycles. The number of ether oxygens (including phenoxy) is 2. The van der Waals surface area contributed by atoms with E-state index in [2.05, 4.69) is 27.0 Å². The number of nitrogens with one attached hydrogen (secondary N) is 1. The fourth-order valence-electron chi connectivity index (χ4n) is 3.04. The highest BCUT2D eigenvalue weighted by Crippen LogP contribution is 2.31. The smallest absolute Gasteiger partial charge is 0.256 e. The van der Waals surface area contributed by atoms with Crippen LogP contribution in [0, 0.1) is 13.8 Å². The number of rotatable bonds is 3. The number of nitrogens with zero attached hydrogens (tertiary/aromatic N) is 2. The van der Waals surface area contributed by atoms with Gasteiger partial charge in [-0.3, -0.25) is 4.79 Å². The number of anilines is 1. The highest BCUT2D eigenvalue weighted by Gasteiger charge is 2.15. The molecular weight excluding hydrogens is 330 g/mol. The molecule has 2 aromatic heterocycles. The van der Waals surface area contributed by atoms with Crippen molar-refractivity contribution in [1.82, 2.24) is 9.55 Å². The molecule has 0 aliphatic carbocycles. The number of carbonyl (C=O) groups is 1. The summed E-state index contributed by atoms with van der Waals surface area (Å²) in [5.74, 6) is 1.50. The van der Waals surface area contributed by atoms with E-state index in [1.54, 1.807) is 30.5 Å². The molecule has 1 aliphatic rings. The van der Waals surface area contributed by atoms with Crippen molar-refractivity contribution in [1.29, 1.82) is 0 Å². The average Bonchev–Trinajstić information content (AvgIpc) is 3.00. The van der Waals surface area contributed by atoms with Crippen molar-refractivity contribution in [3.63, 3.8) is 0 Å². The van der Waals surface area contributed by atoms with Gasteiger partial charge in [-0.2, -0.15) is 0 Å². The molecule has 6 heteroatoms. The van der Waals surface area contributed by atoms with E-state index in [1.165, 1.54) is 0 Å². The molecule has 0 bridgehead atoms. The molecule has 1 aliphatic heterocycles. The van der Waals surface area contributed by atoms with E-state index >= 15 is 0 Å². The molecule has 0 unspecified atom stereocenters. The number of pyridine rings is 1. The molecule has 4 rings (SSSR count). The molecule has 6 nitrogen and oxygen atoms in total. The summed E-state index contributed by atoms with van der Waals surface area (Å²) in [7, 11) is 0. The summed E-state index contributed by atoms with van der Waals surface area (Å²) < 4.78 is 13.1. The van der Waals surface area contributed by atoms with Gasteiger partial charge < -0.3 is 19.4 Å². The molecule has 0 atom stereocenters. The Balaban J connectivity index is 1.51. The van der Waals surface area contributed by atoms with Crippen molar-refractivity contribution in [2.24, 2.45) is 0 Å². The topological polar surface area (TPSA) is 65.4 Å². The number of amides is 1. The predicted molar refractivity (Wildman–Crippen MR) is 98.4 cm³/mol. The van der Waals surface area contributed by atoms with Crippen molar-refractivity contribution in [2.75, 3.05) is 18.5 Å². The Morgan fingerprint density at radius 1 is 1.00 bits per heavy atom. The van der Waals surface area contributed by atoms with Gasteiger partial charge in [0.1, 0.15) is 19.0 Å². The van der Waals surface area contributed by atoms with Crippen molar-refractivity contribution in [3.05, 3.63) is 65.6 Å². The Morgan fingerprint density at radius 2 is 1.73 bits per heavy atom. The maximum atomic E-state index is 12.5. The monoisotopic (exact) mass is 349 g/mol.